The van der Waals surface area contributed by atoms with Gasteiger partial charge in [-0.3, -0.25) is 4.40 Å². The van der Waals surface area contributed by atoms with Crippen LogP contribution < -0.4 is 5.32 Å². The first-order valence-corrected chi connectivity index (χ1v) is 5.31. The van der Waals surface area contributed by atoms with Crippen molar-refractivity contribution < 1.29 is 0 Å². The van der Waals surface area contributed by atoms with Crippen molar-refractivity contribution >= 4 is 17.2 Å². The van der Waals surface area contributed by atoms with Crippen LogP contribution in [0.1, 0.15) is 5.56 Å². The van der Waals surface area contributed by atoms with E-state index in [0.29, 0.717) is 5.82 Å². The Morgan fingerprint density at radius 1 is 1.24 bits per heavy atom. The van der Waals surface area contributed by atoms with E-state index in [1.165, 1.54) is 0 Å². The Hall–Kier alpha value is -2.43. The second-order valence-corrected chi connectivity index (χ2v) is 3.78. The van der Waals surface area contributed by atoms with Crippen molar-refractivity contribution in [3.8, 4) is 0 Å². The molecule has 0 bridgehead atoms. The molecule has 0 radical (unpaired) electrons. The average molecular weight is 225 g/mol. The lowest BCUT2D eigenvalue weighted by atomic mass is 10.2. The van der Waals surface area contributed by atoms with Gasteiger partial charge in [0.2, 0.25) is 5.65 Å². The minimum Gasteiger partial charge on any atom is -0.337 e. The van der Waals surface area contributed by atoms with Crippen LogP contribution in [0.5, 0.6) is 0 Å². The van der Waals surface area contributed by atoms with Gasteiger partial charge in [-0.05, 0) is 18.6 Å². The molecule has 0 spiro atoms. The van der Waals surface area contributed by atoms with E-state index in [9.17, 15) is 0 Å². The fourth-order valence-corrected chi connectivity index (χ4v) is 1.69. The predicted octanol–water partition coefficient (Wildman–Crippen LogP) is 2.18. The monoisotopic (exact) mass is 225 g/mol. The second-order valence-electron chi connectivity index (χ2n) is 3.78. The highest BCUT2D eigenvalue weighted by Crippen LogP contribution is 2.20. The number of anilines is 2. The molecule has 1 aromatic carbocycles. The Labute approximate surface area is 98.1 Å². The summed E-state index contributed by atoms with van der Waals surface area (Å²) in [6.45, 7) is 2.05. The van der Waals surface area contributed by atoms with Gasteiger partial charge in [0.25, 0.3) is 0 Å². The zero-order chi connectivity index (χ0) is 11.7. The SMILES string of the molecule is Cc1ccccc1Nc1nccn2cnnc12. The van der Waals surface area contributed by atoms with Crippen LogP contribution in [0.3, 0.4) is 0 Å². The molecular formula is C12H11N5. The highest BCUT2D eigenvalue weighted by Gasteiger charge is 2.05. The molecule has 5 heteroatoms. The van der Waals surface area contributed by atoms with Crippen LogP contribution in [0, 0.1) is 6.92 Å². The van der Waals surface area contributed by atoms with E-state index in [-0.39, 0.29) is 0 Å². The van der Waals surface area contributed by atoms with Gasteiger partial charge in [-0.1, -0.05) is 18.2 Å². The van der Waals surface area contributed by atoms with Gasteiger partial charge in [-0.2, -0.15) is 0 Å². The third kappa shape index (κ3) is 1.71. The van der Waals surface area contributed by atoms with Crippen LogP contribution >= 0.6 is 0 Å². The molecule has 2 heterocycles. The maximum atomic E-state index is 4.28. The Balaban J connectivity index is 2.06. The number of nitrogens with one attached hydrogen (secondary N) is 1. The molecule has 0 aliphatic rings. The zero-order valence-electron chi connectivity index (χ0n) is 9.33. The highest BCUT2D eigenvalue weighted by atomic mass is 15.2. The van der Waals surface area contributed by atoms with Crippen molar-refractivity contribution in [3.63, 3.8) is 0 Å². The minimum atomic E-state index is 0.708. The number of nitrogens with zero attached hydrogens (tertiary/aromatic N) is 4. The van der Waals surface area contributed by atoms with E-state index < -0.39 is 0 Å². The van der Waals surface area contributed by atoms with E-state index in [1.807, 2.05) is 41.8 Å². The standard InChI is InChI=1S/C12H11N5/c1-9-4-2-3-5-10(9)15-11-12-16-14-8-17(12)7-6-13-11/h2-8H,1H3,(H,13,15). The van der Waals surface area contributed by atoms with Gasteiger partial charge < -0.3 is 5.32 Å². The predicted molar refractivity (Wildman–Crippen MR) is 65.2 cm³/mol. The molecule has 0 amide bonds. The normalized spacial score (nSPS) is 10.6. The maximum absolute atomic E-state index is 4.28. The molecule has 17 heavy (non-hydrogen) atoms. The van der Waals surface area contributed by atoms with Crippen molar-refractivity contribution in [1.82, 2.24) is 19.6 Å². The van der Waals surface area contributed by atoms with Crippen LogP contribution in [-0.4, -0.2) is 19.6 Å². The summed E-state index contributed by atoms with van der Waals surface area (Å²) in [6, 6.07) is 8.05. The third-order valence-electron chi connectivity index (χ3n) is 2.61. The molecule has 3 rings (SSSR count). The molecule has 0 aliphatic heterocycles. The first-order valence-electron chi connectivity index (χ1n) is 5.31. The number of rotatable bonds is 2. The number of hydrogen-bond acceptors (Lipinski definition) is 4. The molecule has 0 fully saturated rings. The largest absolute Gasteiger partial charge is 0.337 e. The van der Waals surface area contributed by atoms with Crippen molar-refractivity contribution in [1.29, 1.82) is 0 Å². The molecule has 0 atom stereocenters. The molecule has 0 saturated heterocycles. The first-order chi connectivity index (χ1) is 8.34. The summed E-state index contributed by atoms with van der Waals surface area (Å²) in [5.41, 5.74) is 2.91. The topological polar surface area (TPSA) is 55.1 Å². The van der Waals surface area contributed by atoms with Gasteiger partial charge in [0.1, 0.15) is 6.33 Å². The second kappa shape index (κ2) is 3.86. The van der Waals surface area contributed by atoms with Crippen molar-refractivity contribution in [2.45, 2.75) is 6.92 Å². The summed E-state index contributed by atoms with van der Waals surface area (Å²) in [4.78, 5) is 4.28. The van der Waals surface area contributed by atoms with Crippen LogP contribution in [-0.2, 0) is 0 Å². The zero-order valence-corrected chi connectivity index (χ0v) is 9.33. The van der Waals surface area contributed by atoms with Crippen LogP contribution in [0.25, 0.3) is 5.65 Å². The lowest BCUT2D eigenvalue weighted by Gasteiger charge is -2.08. The van der Waals surface area contributed by atoms with E-state index in [4.69, 9.17) is 0 Å². The van der Waals surface area contributed by atoms with Crippen molar-refractivity contribution in [2.24, 2.45) is 0 Å². The summed E-state index contributed by atoms with van der Waals surface area (Å²) >= 11 is 0. The molecule has 0 unspecified atom stereocenters. The number of fused-ring (bicyclic) bond motifs is 1. The van der Waals surface area contributed by atoms with E-state index >= 15 is 0 Å². The van der Waals surface area contributed by atoms with Crippen LogP contribution in [0.15, 0.2) is 43.0 Å². The Bertz CT molecular complexity index is 659. The number of para-hydroxylation sites is 1. The van der Waals surface area contributed by atoms with Gasteiger partial charge >= 0.3 is 0 Å². The number of hydrogen-bond donors (Lipinski definition) is 1. The Kier molecular flexibility index (Phi) is 2.22. The Morgan fingerprint density at radius 2 is 2.12 bits per heavy atom. The number of aromatic nitrogens is 4. The van der Waals surface area contributed by atoms with E-state index in [2.05, 4.69) is 20.5 Å². The summed E-state index contributed by atoms with van der Waals surface area (Å²) in [5.74, 6) is 0.708. The van der Waals surface area contributed by atoms with Crippen LogP contribution in [0.4, 0.5) is 11.5 Å². The first kappa shape index (κ1) is 9.77. The summed E-state index contributed by atoms with van der Waals surface area (Å²) in [6.07, 6.45) is 5.19. The molecule has 1 N–H and O–H groups in total. The smallest absolute Gasteiger partial charge is 0.203 e. The van der Waals surface area contributed by atoms with Gasteiger partial charge in [-0.15, -0.1) is 10.2 Å². The Morgan fingerprint density at radius 3 is 3.00 bits per heavy atom. The number of aryl methyl sites for hydroxylation is 1. The molecule has 84 valence electrons. The molecular weight excluding hydrogens is 214 g/mol. The fourth-order valence-electron chi connectivity index (χ4n) is 1.69. The highest BCUT2D eigenvalue weighted by molar-refractivity contribution is 5.70. The van der Waals surface area contributed by atoms with E-state index in [1.54, 1.807) is 12.5 Å². The van der Waals surface area contributed by atoms with Crippen molar-refractivity contribution in [3.05, 3.63) is 48.5 Å². The minimum absolute atomic E-state index is 0.708. The summed E-state index contributed by atoms with van der Waals surface area (Å²) in [7, 11) is 0. The third-order valence-corrected chi connectivity index (χ3v) is 2.61. The van der Waals surface area contributed by atoms with Gasteiger partial charge in [-0.25, -0.2) is 4.98 Å². The summed E-state index contributed by atoms with van der Waals surface area (Å²) in [5, 5.41) is 11.2. The van der Waals surface area contributed by atoms with E-state index in [0.717, 1.165) is 16.9 Å². The molecule has 0 saturated carbocycles. The maximum Gasteiger partial charge on any atom is 0.203 e. The summed E-state index contributed by atoms with van der Waals surface area (Å²) < 4.78 is 1.83. The van der Waals surface area contributed by atoms with Crippen molar-refractivity contribution in [2.75, 3.05) is 5.32 Å². The molecule has 5 nitrogen and oxygen atoms in total. The lowest BCUT2D eigenvalue weighted by molar-refractivity contribution is 1.10. The van der Waals surface area contributed by atoms with Crippen LogP contribution in [0.2, 0.25) is 0 Å². The molecule has 0 aliphatic carbocycles. The lowest BCUT2D eigenvalue weighted by Crippen LogP contribution is -1.98. The van der Waals surface area contributed by atoms with Gasteiger partial charge in [0.15, 0.2) is 5.82 Å². The van der Waals surface area contributed by atoms with Gasteiger partial charge in [0, 0.05) is 18.1 Å². The number of benzene rings is 1. The average Bonchev–Trinajstić information content (AvgIpc) is 2.81. The molecule has 2 aromatic heterocycles. The van der Waals surface area contributed by atoms with Gasteiger partial charge in [0.05, 0.1) is 0 Å². The molecule has 3 aromatic rings. The quantitative estimate of drug-likeness (QED) is 0.726. The fraction of sp³-hybridized carbons (Fsp3) is 0.0833.